The fourth-order valence-corrected chi connectivity index (χ4v) is 1.49. The SMILES string of the molecule is CC(C)COc1ccc(CNC(=O)NCCCO)cc1. The molecule has 0 radical (unpaired) electrons. The largest absolute Gasteiger partial charge is 0.493 e. The molecule has 112 valence electrons. The minimum atomic E-state index is -0.224. The predicted molar refractivity (Wildman–Crippen MR) is 78.7 cm³/mol. The Hall–Kier alpha value is -1.75. The van der Waals surface area contributed by atoms with E-state index < -0.39 is 0 Å². The van der Waals surface area contributed by atoms with Crippen LogP contribution in [0.1, 0.15) is 25.8 Å². The van der Waals surface area contributed by atoms with Crippen LogP contribution in [-0.2, 0) is 6.54 Å². The van der Waals surface area contributed by atoms with Gasteiger partial charge in [0.1, 0.15) is 5.75 Å². The predicted octanol–water partition coefficient (Wildman–Crippen LogP) is 1.90. The molecule has 0 bridgehead atoms. The highest BCUT2D eigenvalue weighted by atomic mass is 16.5. The zero-order valence-electron chi connectivity index (χ0n) is 12.2. The third-order valence-corrected chi connectivity index (χ3v) is 2.58. The Morgan fingerprint density at radius 3 is 2.55 bits per heavy atom. The van der Waals surface area contributed by atoms with E-state index in [1.165, 1.54) is 0 Å². The molecule has 0 aliphatic carbocycles. The Balaban J connectivity index is 2.28. The summed E-state index contributed by atoms with van der Waals surface area (Å²) >= 11 is 0. The lowest BCUT2D eigenvalue weighted by Gasteiger charge is -2.10. The van der Waals surface area contributed by atoms with Crippen LogP contribution in [0, 0.1) is 5.92 Å². The minimum absolute atomic E-state index is 0.0815. The molecule has 0 aliphatic rings. The number of hydrogen-bond acceptors (Lipinski definition) is 3. The van der Waals surface area contributed by atoms with Crippen LogP contribution in [0.15, 0.2) is 24.3 Å². The van der Waals surface area contributed by atoms with Gasteiger partial charge < -0.3 is 20.5 Å². The van der Waals surface area contributed by atoms with E-state index in [9.17, 15) is 4.79 Å². The van der Waals surface area contributed by atoms with Gasteiger partial charge in [0.25, 0.3) is 0 Å². The monoisotopic (exact) mass is 280 g/mol. The van der Waals surface area contributed by atoms with Crippen molar-refractivity contribution in [1.29, 1.82) is 0 Å². The van der Waals surface area contributed by atoms with E-state index in [1.54, 1.807) is 0 Å². The van der Waals surface area contributed by atoms with Crippen LogP contribution in [-0.4, -0.2) is 30.9 Å². The lowest BCUT2D eigenvalue weighted by Crippen LogP contribution is -2.35. The summed E-state index contributed by atoms with van der Waals surface area (Å²) in [6.07, 6.45) is 0.565. The molecule has 0 aromatic heterocycles. The van der Waals surface area contributed by atoms with Gasteiger partial charge in [-0.1, -0.05) is 26.0 Å². The van der Waals surface area contributed by atoms with Crippen molar-refractivity contribution in [2.45, 2.75) is 26.8 Å². The van der Waals surface area contributed by atoms with E-state index in [2.05, 4.69) is 24.5 Å². The molecule has 0 fully saturated rings. The van der Waals surface area contributed by atoms with Gasteiger partial charge in [-0.25, -0.2) is 4.79 Å². The topological polar surface area (TPSA) is 70.6 Å². The Morgan fingerprint density at radius 1 is 1.25 bits per heavy atom. The highest BCUT2D eigenvalue weighted by molar-refractivity contribution is 5.73. The Kier molecular flexibility index (Phi) is 7.50. The van der Waals surface area contributed by atoms with Gasteiger partial charge >= 0.3 is 6.03 Å². The van der Waals surface area contributed by atoms with Crippen LogP contribution in [0.4, 0.5) is 4.79 Å². The van der Waals surface area contributed by atoms with Gasteiger partial charge in [-0.2, -0.15) is 0 Å². The molecule has 1 aromatic carbocycles. The number of carbonyl (C=O) groups excluding carboxylic acids is 1. The molecule has 2 amide bonds. The first-order chi connectivity index (χ1) is 9.61. The van der Waals surface area contributed by atoms with Crippen LogP contribution < -0.4 is 15.4 Å². The van der Waals surface area contributed by atoms with Crippen molar-refractivity contribution < 1.29 is 14.6 Å². The zero-order chi connectivity index (χ0) is 14.8. The van der Waals surface area contributed by atoms with E-state index in [0.29, 0.717) is 32.0 Å². The summed E-state index contributed by atoms with van der Waals surface area (Å²) in [5.41, 5.74) is 1.01. The molecule has 1 aromatic rings. The lowest BCUT2D eigenvalue weighted by molar-refractivity contribution is 0.237. The highest BCUT2D eigenvalue weighted by Crippen LogP contribution is 2.13. The molecule has 3 N–H and O–H groups in total. The maximum atomic E-state index is 11.4. The summed E-state index contributed by atoms with van der Waals surface area (Å²) in [6.45, 7) is 5.93. The molecule has 5 heteroatoms. The first-order valence-electron chi connectivity index (χ1n) is 6.96. The van der Waals surface area contributed by atoms with E-state index in [0.717, 1.165) is 11.3 Å². The van der Waals surface area contributed by atoms with Crippen LogP contribution in [0.3, 0.4) is 0 Å². The first kappa shape index (κ1) is 16.3. The molecule has 0 atom stereocenters. The van der Waals surface area contributed by atoms with Gasteiger partial charge in [-0.15, -0.1) is 0 Å². The van der Waals surface area contributed by atoms with Crippen molar-refractivity contribution in [3.05, 3.63) is 29.8 Å². The zero-order valence-corrected chi connectivity index (χ0v) is 12.2. The molecular weight excluding hydrogens is 256 g/mol. The summed E-state index contributed by atoms with van der Waals surface area (Å²) in [5.74, 6) is 1.34. The second-order valence-electron chi connectivity index (χ2n) is 5.04. The van der Waals surface area contributed by atoms with Gasteiger partial charge in [-0.05, 0) is 30.0 Å². The molecule has 20 heavy (non-hydrogen) atoms. The third kappa shape index (κ3) is 6.99. The van der Waals surface area contributed by atoms with E-state index in [4.69, 9.17) is 9.84 Å². The number of carbonyl (C=O) groups is 1. The lowest BCUT2D eigenvalue weighted by atomic mass is 10.2. The van der Waals surface area contributed by atoms with Crippen molar-refractivity contribution in [2.75, 3.05) is 19.8 Å². The molecule has 0 unspecified atom stereocenters. The number of aliphatic hydroxyl groups is 1. The summed E-state index contributed by atoms with van der Waals surface area (Å²) in [5, 5.41) is 14.0. The quantitative estimate of drug-likeness (QED) is 0.637. The molecule has 0 saturated heterocycles. The maximum Gasteiger partial charge on any atom is 0.315 e. The first-order valence-corrected chi connectivity index (χ1v) is 6.96. The van der Waals surface area contributed by atoms with Crippen molar-refractivity contribution in [1.82, 2.24) is 10.6 Å². The summed E-state index contributed by atoms with van der Waals surface area (Å²) in [7, 11) is 0. The average Bonchev–Trinajstić information content (AvgIpc) is 2.44. The van der Waals surface area contributed by atoms with E-state index in [-0.39, 0.29) is 12.6 Å². The second kappa shape index (κ2) is 9.20. The normalized spacial score (nSPS) is 10.4. The fourth-order valence-electron chi connectivity index (χ4n) is 1.49. The summed E-state index contributed by atoms with van der Waals surface area (Å²) < 4.78 is 5.59. The van der Waals surface area contributed by atoms with Crippen molar-refractivity contribution in [3.63, 3.8) is 0 Å². The Bertz CT molecular complexity index is 391. The molecule has 1 rings (SSSR count). The Morgan fingerprint density at radius 2 is 1.95 bits per heavy atom. The van der Waals surface area contributed by atoms with Gasteiger partial charge in [0, 0.05) is 19.7 Å². The van der Waals surface area contributed by atoms with Gasteiger partial charge in [0.05, 0.1) is 6.61 Å². The maximum absolute atomic E-state index is 11.4. The van der Waals surface area contributed by atoms with Crippen molar-refractivity contribution >= 4 is 6.03 Å². The highest BCUT2D eigenvalue weighted by Gasteiger charge is 2.01. The van der Waals surface area contributed by atoms with Crippen molar-refractivity contribution in [2.24, 2.45) is 5.92 Å². The number of ether oxygens (including phenoxy) is 1. The molecular formula is C15H24N2O3. The minimum Gasteiger partial charge on any atom is -0.493 e. The number of urea groups is 1. The summed E-state index contributed by atoms with van der Waals surface area (Å²) in [4.78, 5) is 11.4. The average molecular weight is 280 g/mol. The number of nitrogens with one attached hydrogen (secondary N) is 2. The fraction of sp³-hybridized carbons (Fsp3) is 0.533. The van der Waals surface area contributed by atoms with Crippen LogP contribution in [0.25, 0.3) is 0 Å². The second-order valence-corrected chi connectivity index (χ2v) is 5.04. The number of hydrogen-bond donors (Lipinski definition) is 3. The van der Waals surface area contributed by atoms with Crippen LogP contribution >= 0.6 is 0 Å². The molecule has 5 nitrogen and oxygen atoms in total. The number of rotatable bonds is 8. The third-order valence-electron chi connectivity index (χ3n) is 2.58. The standard InChI is InChI=1S/C15H24N2O3/c1-12(2)11-20-14-6-4-13(5-7-14)10-17-15(19)16-8-3-9-18/h4-7,12,18H,3,8-11H2,1-2H3,(H2,16,17,19). The van der Waals surface area contributed by atoms with E-state index >= 15 is 0 Å². The van der Waals surface area contributed by atoms with Gasteiger partial charge in [0.15, 0.2) is 0 Å². The molecule has 0 saturated carbocycles. The van der Waals surface area contributed by atoms with E-state index in [1.807, 2.05) is 24.3 Å². The molecule has 0 heterocycles. The van der Waals surface area contributed by atoms with Crippen LogP contribution in [0.5, 0.6) is 5.75 Å². The number of aliphatic hydroxyl groups excluding tert-OH is 1. The van der Waals surface area contributed by atoms with Crippen LogP contribution in [0.2, 0.25) is 0 Å². The Labute approximate surface area is 120 Å². The van der Waals surface area contributed by atoms with Gasteiger partial charge in [0.2, 0.25) is 0 Å². The number of benzene rings is 1. The summed E-state index contributed by atoms with van der Waals surface area (Å²) in [6, 6.07) is 7.46. The van der Waals surface area contributed by atoms with Gasteiger partial charge in [-0.3, -0.25) is 0 Å². The molecule has 0 spiro atoms. The number of amides is 2. The van der Waals surface area contributed by atoms with Crippen molar-refractivity contribution in [3.8, 4) is 5.75 Å². The smallest absolute Gasteiger partial charge is 0.315 e. The molecule has 0 aliphatic heterocycles.